The number of benzene rings is 1. The van der Waals surface area contributed by atoms with E-state index >= 15 is 0 Å². The lowest BCUT2D eigenvalue weighted by Crippen LogP contribution is -2.42. The summed E-state index contributed by atoms with van der Waals surface area (Å²) in [5, 5.41) is 2.80. The number of likely N-dealkylation sites (tertiary alicyclic amines) is 1. The van der Waals surface area contributed by atoms with Crippen molar-refractivity contribution < 1.29 is 14.0 Å². The fourth-order valence-corrected chi connectivity index (χ4v) is 2.73. The van der Waals surface area contributed by atoms with Gasteiger partial charge in [0.05, 0.1) is 0 Å². The molecule has 4 nitrogen and oxygen atoms in total. The first-order valence-electron chi connectivity index (χ1n) is 7.90. The second-order valence-electron chi connectivity index (χ2n) is 5.71. The fraction of sp³-hybridized carbons (Fsp3) is 0.529. The molecule has 0 bridgehead atoms. The zero-order chi connectivity index (χ0) is 15.9. The molecule has 2 amide bonds. The van der Waals surface area contributed by atoms with Crippen LogP contribution in [-0.4, -0.2) is 29.8 Å². The Labute approximate surface area is 130 Å². The Morgan fingerprint density at radius 1 is 1.27 bits per heavy atom. The van der Waals surface area contributed by atoms with Gasteiger partial charge in [0, 0.05) is 37.5 Å². The minimum absolute atomic E-state index is 0.0501. The van der Waals surface area contributed by atoms with E-state index in [1.54, 1.807) is 18.2 Å². The summed E-state index contributed by atoms with van der Waals surface area (Å²) in [6.07, 6.45) is 2.78. The molecule has 0 aromatic heterocycles. The molecule has 1 aromatic rings. The van der Waals surface area contributed by atoms with Gasteiger partial charge in [-0.2, -0.15) is 0 Å². The number of nitrogens with one attached hydrogen (secondary N) is 1. The Morgan fingerprint density at radius 2 is 1.95 bits per heavy atom. The molecule has 1 heterocycles. The van der Waals surface area contributed by atoms with Gasteiger partial charge in [0.1, 0.15) is 5.82 Å². The van der Waals surface area contributed by atoms with Crippen LogP contribution >= 0.6 is 0 Å². The van der Waals surface area contributed by atoms with Crippen molar-refractivity contribution >= 4 is 11.8 Å². The molecule has 1 saturated heterocycles. The SMILES string of the molecule is CCCC(=O)N1CCC(C(=O)NCc2ccccc2F)CC1. The molecule has 1 fully saturated rings. The molecular formula is C17H23FN2O2. The Bertz CT molecular complexity index is 525. The highest BCUT2D eigenvalue weighted by Crippen LogP contribution is 2.18. The van der Waals surface area contributed by atoms with E-state index in [0.717, 1.165) is 6.42 Å². The lowest BCUT2D eigenvalue weighted by Gasteiger charge is -2.31. The number of carbonyl (C=O) groups excluding carboxylic acids is 2. The van der Waals surface area contributed by atoms with Gasteiger partial charge >= 0.3 is 0 Å². The standard InChI is InChI=1S/C17H23FN2O2/c1-2-5-16(21)20-10-8-13(9-11-20)17(22)19-12-14-6-3-4-7-15(14)18/h3-4,6-7,13H,2,5,8-12H2,1H3,(H,19,22). The monoisotopic (exact) mass is 306 g/mol. The summed E-state index contributed by atoms with van der Waals surface area (Å²) in [6, 6.07) is 6.44. The summed E-state index contributed by atoms with van der Waals surface area (Å²) in [4.78, 5) is 25.8. The summed E-state index contributed by atoms with van der Waals surface area (Å²) < 4.78 is 13.5. The Kier molecular flexibility index (Phi) is 5.92. The van der Waals surface area contributed by atoms with Crippen molar-refractivity contribution in [3.8, 4) is 0 Å². The van der Waals surface area contributed by atoms with Gasteiger partial charge < -0.3 is 10.2 Å². The number of hydrogen-bond acceptors (Lipinski definition) is 2. The van der Waals surface area contributed by atoms with Crippen molar-refractivity contribution in [1.29, 1.82) is 0 Å². The molecule has 0 saturated carbocycles. The molecule has 22 heavy (non-hydrogen) atoms. The Morgan fingerprint density at radius 3 is 2.59 bits per heavy atom. The molecule has 0 aliphatic carbocycles. The Hall–Kier alpha value is -1.91. The van der Waals surface area contributed by atoms with Gasteiger partial charge in [-0.15, -0.1) is 0 Å². The summed E-state index contributed by atoms with van der Waals surface area (Å²) >= 11 is 0. The molecule has 1 N–H and O–H groups in total. The predicted octanol–water partition coefficient (Wildman–Crippen LogP) is 2.48. The van der Waals surface area contributed by atoms with Crippen molar-refractivity contribution in [3.63, 3.8) is 0 Å². The lowest BCUT2D eigenvalue weighted by atomic mass is 9.95. The van der Waals surface area contributed by atoms with Crippen LogP contribution in [0.2, 0.25) is 0 Å². The van der Waals surface area contributed by atoms with Gasteiger partial charge in [-0.25, -0.2) is 4.39 Å². The zero-order valence-electron chi connectivity index (χ0n) is 13.0. The van der Waals surface area contributed by atoms with Gasteiger partial charge in [-0.3, -0.25) is 9.59 Å². The normalized spacial score (nSPS) is 15.6. The summed E-state index contributed by atoms with van der Waals surface area (Å²) in [6.45, 7) is 3.47. The zero-order valence-corrected chi connectivity index (χ0v) is 13.0. The number of rotatable bonds is 5. The average Bonchev–Trinajstić information content (AvgIpc) is 2.54. The van der Waals surface area contributed by atoms with Crippen LogP contribution in [0.3, 0.4) is 0 Å². The first kappa shape index (κ1) is 16.5. The predicted molar refractivity (Wildman–Crippen MR) is 82.5 cm³/mol. The third-order valence-electron chi connectivity index (χ3n) is 4.09. The highest BCUT2D eigenvalue weighted by molar-refractivity contribution is 5.80. The van der Waals surface area contributed by atoms with Crippen molar-refractivity contribution in [2.45, 2.75) is 39.2 Å². The van der Waals surface area contributed by atoms with Crippen LogP contribution in [-0.2, 0) is 16.1 Å². The minimum atomic E-state index is -0.303. The van der Waals surface area contributed by atoms with E-state index in [9.17, 15) is 14.0 Å². The molecular weight excluding hydrogens is 283 g/mol. The second kappa shape index (κ2) is 7.92. The van der Waals surface area contributed by atoms with E-state index < -0.39 is 0 Å². The van der Waals surface area contributed by atoms with Gasteiger partial charge in [-0.1, -0.05) is 25.1 Å². The van der Waals surface area contributed by atoms with E-state index in [4.69, 9.17) is 0 Å². The molecule has 5 heteroatoms. The second-order valence-corrected chi connectivity index (χ2v) is 5.71. The molecule has 1 aliphatic heterocycles. The van der Waals surface area contributed by atoms with Gasteiger partial charge in [0.25, 0.3) is 0 Å². The van der Waals surface area contributed by atoms with Crippen LogP contribution in [0.15, 0.2) is 24.3 Å². The average molecular weight is 306 g/mol. The molecule has 120 valence electrons. The van der Waals surface area contributed by atoms with Crippen molar-refractivity contribution in [3.05, 3.63) is 35.6 Å². The van der Waals surface area contributed by atoms with Crippen LogP contribution in [0.5, 0.6) is 0 Å². The summed E-state index contributed by atoms with van der Waals surface area (Å²) in [5.41, 5.74) is 0.492. The first-order chi connectivity index (χ1) is 10.6. The number of amides is 2. The maximum Gasteiger partial charge on any atom is 0.223 e. The number of nitrogens with zero attached hydrogens (tertiary/aromatic N) is 1. The Balaban J connectivity index is 1.78. The number of hydrogen-bond donors (Lipinski definition) is 1. The number of halogens is 1. The molecule has 2 rings (SSSR count). The van der Waals surface area contributed by atoms with E-state index in [2.05, 4.69) is 5.32 Å². The van der Waals surface area contributed by atoms with Crippen molar-refractivity contribution in [2.24, 2.45) is 5.92 Å². The molecule has 1 aromatic carbocycles. The molecule has 0 spiro atoms. The lowest BCUT2D eigenvalue weighted by molar-refractivity contribution is -0.135. The third-order valence-corrected chi connectivity index (χ3v) is 4.09. The van der Waals surface area contributed by atoms with E-state index in [1.807, 2.05) is 11.8 Å². The van der Waals surface area contributed by atoms with E-state index in [0.29, 0.717) is 37.9 Å². The minimum Gasteiger partial charge on any atom is -0.352 e. The summed E-state index contributed by atoms with van der Waals surface area (Å²) in [5.74, 6) is -0.265. The highest BCUT2D eigenvalue weighted by Gasteiger charge is 2.26. The fourth-order valence-electron chi connectivity index (χ4n) is 2.73. The third kappa shape index (κ3) is 4.29. The van der Waals surface area contributed by atoms with Crippen LogP contribution in [0.25, 0.3) is 0 Å². The van der Waals surface area contributed by atoms with Gasteiger partial charge in [0.15, 0.2) is 0 Å². The van der Waals surface area contributed by atoms with Crippen LogP contribution in [0.1, 0.15) is 38.2 Å². The number of carbonyl (C=O) groups is 2. The van der Waals surface area contributed by atoms with E-state index in [-0.39, 0.29) is 30.1 Å². The smallest absolute Gasteiger partial charge is 0.223 e. The topological polar surface area (TPSA) is 49.4 Å². The van der Waals surface area contributed by atoms with E-state index in [1.165, 1.54) is 6.07 Å². The van der Waals surface area contributed by atoms with Gasteiger partial charge in [-0.05, 0) is 25.3 Å². The molecule has 0 unspecified atom stereocenters. The van der Waals surface area contributed by atoms with Crippen LogP contribution < -0.4 is 5.32 Å². The first-order valence-corrected chi connectivity index (χ1v) is 7.90. The largest absolute Gasteiger partial charge is 0.352 e. The maximum absolute atomic E-state index is 13.5. The molecule has 0 radical (unpaired) electrons. The van der Waals surface area contributed by atoms with Crippen LogP contribution in [0, 0.1) is 11.7 Å². The maximum atomic E-state index is 13.5. The van der Waals surface area contributed by atoms with Crippen molar-refractivity contribution in [1.82, 2.24) is 10.2 Å². The highest BCUT2D eigenvalue weighted by atomic mass is 19.1. The summed E-state index contributed by atoms with van der Waals surface area (Å²) in [7, 11) is 0. The molecule has 0 atom stereocenters. The quantitative estimate of drug-likeness (QED) is 0.908. The number of piperidine rings is 1. The van der Waals surface area contributed by atoms with Crippen molar-refractivity contribution in [2.75, 3.05) is 13.1 Å². The van der Waals surface area contributed by atoms with Crippen LogP contribution in [0.4, 0.5) is 4.39 Å². The molecule has 1 aliphatic rings. The van der Waals surface area contributed by atoms with Gasteiger partial charge in [0.2, 0.25) is 11.8 Å².